The van der Waals surface area contributed by atoms with Gasteiger partial charge in [0.15, 0.2) is 6.29 Å². The molecule has 0 N–H and O–H groups in total. The summed E-state index contributed by atoms with van der Waals surface area (Å²) in [7, 11) is 0. The standard InChI is InChI=1S/C9H14ClNO3/c10-4-7-3-8(12)11(5-7)6-9-13-1-2-14-9/h7,9H,1-6H2. The molecule has 2 aliphatic rings. The molecule has 0 aliphatic carbocycles. The van der Waals surface area contributed by atoms with Crippen LogP contribution in [0.25, 0.3) is 0 Å². The summed E-state index contributed by atoms with van der Waals surface area (Å²) < 4.78 is 10.6. The third-order valence-corrected chi connectivity index (χ3v) is 3.01. The number of carbonyl (C=O) groups is 1. The Morgan fingerprint density at radius 3 is 2.71 bits per heavy atom. The Labute approximate surface area is 88.1 Å². The number of hydrogen-bond donors (Lipinski definition) is 0. The highest BCUT2D eigenvalue weighted by Gasteiger charge is 2.31. The molecule has 0 aromatic heterocycles. The van der Waals surface area contributed by atoms with Crippen molar-refractivity contribution in [2.75, 3.05) is 32.2 Å². The Hall–Kier alpha value is -0.320. The Balaban J connectivity index is 1.82. The van der Waals surface area contributed by atoms with Crippen molar-refractivity contribution >= 4 is 17.5 Å². The lowest BCUT2D eigenvalue weighted by atomic mass is 10.1. The smallest absolute Gasteiger partial charge is 0.223 e. The van der Waals surface area contributed by atoms with E-state index in [1.165, 1.54) is 0 Å². The van der Waals surface area contributed by atoms with E-state index in [-0.39, 0.29) is 12.2 Å². The van der Waals surface area contributed by atoms with E-state index in [0.717, 1.165) is 6.54 Å². The third kappa shape index (κ3) is 2.19. The highest BCUT2D eigenvalue weighted by atomic mass is 35.5. The van der Waals surface area contributed by atoms with Gasteiger partial charge in [-0.15, -0.1) is 11.6 Å². The molecule has 2 saturated heterocycles. The zero-order valence-corrected chi connectivity index (χ0v) is 8.70. The molecular weight excluding hydrogens is 206 g/mol. The van der Waals surface area contributed by atoms with Crippen LogP contribution >= 0.6 is 11.6 Å². The summed E-state index contributed by atoms with van der Waals surface area (Å²) in [6.45, 7) is 2.55. The highest BCUT2D eigenvalue weighted by molar-refractivity contribution is 6.18. The summed E-state index contributed by atoms with van der Waals surface area (Å²) in [4.78, 5) is 13.3. The van der Waals surface area contributed by atoms with Gasteiger partial charge in [0.1, 0.15) is 0 Å². The fourth-order valence-electron chi connectivity index (χ4n) is 1.83. The van der Waals surface area contributed by atoms with Crippen LogP contribution in [-0.2, 0) is 14.3 Å². The number of rotatable bonds is 3. The van der Waals surface area contributed by atoms with Crippen molar-refractivity contribution in [1.82, 2.24) is 4.90 Å². The molecule has 2 rings (SSSR count). The summed E-state index contributed by atoms with van der Waals surface area (Å²) in [5.41, 5.74) is 0. The molecule has 80 valence electrons. The van der Waals surface area contributed by atoms with E-state index in [1.54, 1.807) is 4.90 Å². The molecule has 0 aromatic rings. The van der Waals surface area contributed by atoms with Gasteiger partial charge in [0.25, 0.3) is 0 Å². The first kappa shape index (κ1) is 10.2. The number of likely N-dealkylation sites (tertiary alicyclic amines) is 1. The largest absolute Gasteiger partial charge is 0.348 e. The van der Waals surface area contributed by atoms with Crippen molar-refractivity contribution in [1.29, 1.82) is 0 Å². The summed E-state index contributed by atoms with van der Waals surface area (Å²) >= 11 is 5.71. The number of hydrogen-bond acceptors (Lipinski definition) is 3. The van der Waals surface area contributed by atoms with Crippen LogP contribution in [0.15, 0.2) is 0 Å². The van der Waals surface area contributed by atoms with Crippen LogP contribution in [0.2, 0.25) is 0 Å². The minimum Gasteiger partial charge on any atom is -0.348 e. The van der Waals surface area contributed by atoms with Crippen molar-refractivity contribution in [3.8, 4) is 0 Å². The number of ether oxygens (including phenoxy) is 2. The second-order valence-corrected chi connectivity index (χ2v) is 4.00. The fourth-order valence-corrected chi connectivity index (χ4v) is 2.03. The van der Waals surface area contributed by atoms with E-state index in [2.05, 4.69) is 0 Å². The van der Waals surface area contributed by atoms with Crippen LogP contribution in [0, 0.1) is 5.92 Å². The molecule has 2 heterocycles. The van der Waals surface area contributed by atoms with Crippen molar-refractivity contribution in [2.24, 2.45) is 5.92 Å². The Kier molecular flexibility index (Phi) is 3.26. The topological polar surface area (TPSA) is 38.8 Å². The highest BCUT2D eigenvalue weighted by Crippen LogP contribution is 2.20. The maximum absolute atomic E-state index is 11.5. The first-order valence-corrected chi connectivity index (χ1v) is 5.40. The summed E-state index contributed by atoms with van der Waals surface area (Å²) in [6.07, 6.45) is 0.337. The van der Waals surface area contributed by atoms with Gasteiger partial charge in [0.2, 0.25) is 5.91 Å². The quantitative estimate of drug-likeness (QED) is 0.647. The van der Waals surface area contributed by atoms with E-state index in [4.69, 9.17) is 21.1 Å². The van der Waals surface area contributed by atoms with Gasteiger partial charge in [-0.05, 0) is 5.92 Å². The van der Waals surface area contributed by atoms with E-state index >= 15 is 0 Å². The molecule has 0 bridgehead atoms. The molecule has 1 amide bonds. The Morgan fingerprint density at radius 2 is 2.14 bits per heavy atom. The van der Waals surface area contributed by atoms with Crippen LogP contribution in [0.3, 0.4) is 0 Å². The van der Waals surface area contributed by atoms with Crippen molar-refractivity contribution in [3.05, 3.63) is 0 Å². The number of amides is 1. The van der Waals surface area contributed by atoms with Gasteiger partial charge in [-0.25, -0.2) is 0 Å². The van der Waals surface area contributed by atoms with E-state index in [9.17, 15) is 4.79 Å². The molecule has 2 aliphatic heterocycles. The first-order valence-electron chi connectivity index (χ1n) is 4.86. The minimum absolute atomic E-state index is 0.162. The third-order valence-electron chi connectivity index (χ3n) is 2.57. The number of alkyl halides is 1. The van der Waals surface area contributed by atoms with Gasteiger partial charge >= 0.3 is 0 Å². The summed E-state index contributed by atoms with van der Waals surface area (Å²) in [6, 6.07) is 0. The average molecular weight is 220 g/mol. The van der Waals surface area contributed by atoms with Gasteiger partial charge in [-0.2, -0.15) is 0 Å². The maximum atomic E-state index is 11.5. The molecule has 1 atom stereocenters. The molecule has 2 fully saturated rings. The number of halogens is 1. The van der Waals surface area contributed by atoms with Crippen LogP contribution in [0.4, 0.5) is 0 Å². The monoisotopic (exact) mass is 219 g/mol. The van der Waals surface area contributed by atoms with Gasteiger partial charge in [-0.3, -0.25) is 4.79 Å². The Bertz CT molecular complexity index is 218. The van der Waals surface area contributed by atoms with E-state index in [0.29, 0.717) is 38.0 Å². The van der Waals surface area contributed by atoms with Crippen molar-refractivity contribution in [2.45, 2.75) is 12.7 Å². The normalized spacial score (nSPS) is 29.1. The maximum Gasteiger partial charge on any atom is 0.223 e. The van der Waals surface area contributed by atoms with Crippen LogP contribution < -0.4 is 0 Å². The second kappa shape index (κ2) is 4.47. The molecule has 0 saturated carbocycles. The molecule has 1 unspecified atom stereocenters. The lowest BCUT2D eigenvalue weighted by Gasteiger charge is -2.19. The van der Waals surface area contributed by atoms with Crippen molar-refractivity contribution in [3.63, 3.8) is 0 Å². The predicted octanol–water partition coefficient (Wildman–Crippen LogP) is 0.447. The average Bonchev–Trinajstić information content (AvgIpc) is 2.78. The lowest BCUT2D eigenvalue weighted by molar-refractivity contribution is -0.133. The molecule has 4 nitrogen and oxygen atoms in total. The van der Waals surface area contributed by atoms with Crippen LogP contribution in [0.1, 0.15) is 6.42 Å². The molecule has 0 spiro atoms. The lowest BCUT2D eigenvalue weighted by Crippen LogP contribution is -2.34. The molecular formula is C9H14ClNO3. The van der Waals surface area contributed by atoms with Gasteiger partial charge < -0.3 is 14.4 Å². The molecule has 14 heavy (non-hydrogen) atoms. The van der Waals surface area contributed by atoms with Crippen LogP contribution in [0.5, 0.6) is 0 Å². The first-order chi connectivity index (χ1) is 6.79. The molecule has 0 aromatic carbocycles. The molecule has 5 heteroatoms. The van der Waals surface area contributed by atoms with E-state index in [1.807, 2.05) is 0 Å². The van der Waals surface area contributed by atoms with Gasteiger partial charge in [-0.1, -0.05) is 0 Å². The predicted molar refractivity (Wildman–Crippen MR) is 51.1 cm³/mol. The van der Waals surface area contributed by atoms with Gasteiger partial charge in [0.05, 0.1) is 19.8 Å². The fraction of sp³-hybridized carbons (Fsp3) is 0.889. The number of carbonyl (C=O) groups excluding carboxylic acids is 1. The summed E-state index contributed by atoms with van der Waals surface area (Å²) in [5, 5.41) is 0. The minimum atomic E-state index is -0.229. The van der Waals surface area contributed by atoms with Crippen LogP contribution in [-0.4, -0.2) is 49.3 Å². The van der Waals surface area contributed by atoms with E-state index < -0.39 is 0 Å². The summed E-state index contributed by atoms with van der Waals surface area (Å²) in [5.74, 6) is 1.01. The molecule has 0 radical (unpaired) electrons. The van der Waals surface area contributed by atoms with Gasteiger partial charge in [0, 0.05) is 18.8 Å². The SMILES string of the molecule is O=C1CC(CCl)CN1CC1OCCO1. The zero-order chi connectivity index (χ0) is 9.97. The second-order valence-electron chi connectivity index (χ2n) is 3.69. The van der Waals surface area contributed by atoms with Crippen molar-refractivity contribution < 1.29 is 14.3 Å². The Morgan fingerprint density at radius 1 is 1.43 bits per heavy atom. The number of nitrogens with zero attached hydrogens (tertiary/aromatic N) is 1. The zero-order valence-electron chi connectivity index (χ0n) is 7.95.